The molecule has 0 aliphatic rings. The molecule has 2 aromatic rings. The second-order valence-electron chi connectivity index (χ2n) is 3.90. The molecule has 2 rings (SSSR count). The third-order valence-electron chi connectivity index (χ3n) is 2.59. The van der Waals surface area contributed by atoms with Gasteiger partial charge in [-0.25, -0.2) is 4.79 Å². The molecule has 0 saturated heterocycles. The molecule has 0 saturated carbocycles. The molecule has 1 aromatic heterocycles. The van der Waals surface area contributed by atoms with E-state index in [9.17, 15) is 4.79 Å². The summed E-state index contributed by atoms with van der Waals surface area (Å²) in [4.78, 5) is 15.7. The number of carbonyl (C=O) groups is 1. The van der Waals surface area contributed by atoms with E-state index < -0.39 is 5.97 Å². The van der Waals surface area contributed by atoms with Gasteiger partial charge in [-0.2, -0.15) is 0 Å². The highest BCUT2D eigenvalue weighted by Gasteiger charge is 2.11. The first-order valence-electron chi connectivity index (χ1n) is 5.71. The van der Waals surface area contributed by atoms with E-state index in [-0.39, 0.29) is 0 Å². The van der Waals surface area contributed by atoms with Crippen LogP contribution in [0.3, 0.4) is 0 Å². The first kappa shape index (κ1) is 13.4. The van der Waals surface area contributed by atoms with Gasteiger partial charge in [-0.15, -0.1) is 0 Å². The minimum absolute atomic E-state index is 0.398. The van der Waals surface area contributed by atoms with Crippen molar-refractivity contribution < 1.29 is 9.53 Å². The van der Waals surface area contributed by atoms with Crippen molar-refractivity contribution in [1.29, 1.82) is 0 Å². The summed E-state index contributed by atoms with van der Waals surface area (Å²) >= 11 is 5.94. The highest BCUT2D eigenvalue weighted by molar-refractivity contribution is 6.31. The standard InChI is InChI=1S/C14H13ClN2O2/c1-19-14(18)12-5-4-11(15)7-13(12)17-9-10-3-2-6-16-8-10/h2-8,17H,9H2,1H3. The van der Waals surface area contributed by atoms with Crippen LogP contribution in [-0.4, -0.2) is 18.1 Å². The van der Waals surface area contributed by atoms with Crippen LogP contribution in [0.25, 0.3) is 0 Å². The lowest BCUT2D eigenvalue weighted by molar-refractivity contribution is 0.0602. The molecule has 4 nitrogen and oxygen atoms in total. The van der Waals surface area contributed by atoms with E-state index in [2.05, 4.69) is 10.3 Å². The summed E-state index contributed by atoms with van der Waals surface area (Å²) in [6.07, 6.45) is 3.47. The number of rotatable bonds is 4. The Morgan fingerprint density at radius 1 is 1.42 bits per heavy atom. The van der Waals surface area contributed by atoms with Gasteiger partial charge in [0.25, 0.3) is 0 Å². The van der Waals surface area contributed by atoms with Crippen LogP contribution >= 0.6 is 11.6 Å². The average molecular weight is 277 g/mol. The summed E-state index contributed by atoms with van der Waals surface area (Å²) in [5.74, 6) is -0.398. The predicted octanol–water partition coefficient (Wildman–Crippen LogP) is 3.13. The Morgan fingerprint density at radius 3 is 2.95 bits per heavy atom. The van der Waals surface area contributed by atoms with Crippen LogP contribution in [0.2, 0.25) is 5.02 Å². The highest BCUT2D eigenvalue weighted by atomic mass is 35.5. The van der Waals surface area contributed by atoms with Gasteiger partial charge in [-0.1, -0.05) is 17.7 Å². The van der Waals surface area contributed by atoms with Crippen LogP contribution in [0.5, 0.6) is 0 Å². The Bertz CT molecular complexity index is 573. The van der Waals surface area contributed by atoms with Gasteiger partial charge in [0.15, 0.2) is 0 Å². The number of carbonyl (C=O) groups excluding carboxylic acids is 1. The van der Waals surface area contributed by atoms with Crippen LogP contribution in [0, 0.1) is 0 Å². The van der Waals surface area contributed by atoms with E-state index in [1.165, 1.54) is 7.11 Å². The Balaban J connectivity index is 2.19. The van der Waals surface area contributed by atoms with Crippen molar-refractivity contribution in [2.75, 3.05) is 12.4 Å². The molecule has 0 radical (unpaired) electrons. The van der Waals surface area contributed by atoms with Crippen LogP contribution in [0.15, 0.2) is 42.7 Å². The van der Waals surface area contributed by atoms with Gasteiger partial charge in [-0.05, 0) is 29.8 Å². The minimum Gasteiger partial charge on any atom is -0.465 e. The maximum absolute atomic E-state index is 11.6. The van der Waals surface area contributed by atoms with E-state index in [4.69, 9.17) is 16.3 Å². The maximum Gasteiger partial charge on any atom is 0.339 e. The number of aromatic nitrogens is 1. The van der Waals surface area contributed by atoms with E-state index in [0.29, 0.717) is 22.8 Å². The summed E-state index contributed by atoms with van der Waals surface area (Å²) in [6.45, 7) is 0.554. The predicted molar refractivity (Wildman–Crippen MR) is 74.4 cm³/mol. The molecule has 1 aromatic carbocycles. The van der Waals surface area contributed by atoms with Crippen LogP contribution in [-0.2, 0) is 11.3 Å². The normalized spacial score (nSPS) is 10.0. The van der Waals surface area contributed by atoms with Crippen molar-refractivity contribution in [3.63, 3.8) is 0 Å². The fraction of sp³-hybridized carbons (Fsp3) is 0.143. The fourth-order valence-corrected chi connectivity index (χ4v) is 1.82. The first-order valence-corrected chi connectivity index (χ1v) is 6.09. The third kappa shape index (κ3) is 3.45. The lowest BCUT2D eigenvalue weighted by Gasteiger charge is -2.11. The Hall–Kier alpha value is -2.07. The topological polar surface area (TPSA) is 51.2 Å². The van der Waals surface area contributed by atoms with E-state index in [1.54, 1.807) is 30.6 Å². The molecule has 0 spiro atoms. The van der Waals surface area contributed by atoms with E-state index in [0.717, 1.165) is 5.56 Å². The van der Waals surface area contributed by atoms with Crippen molar-refractivity contribution in [1.82, 2.24) is 4.98 Å². The zero-order chi connectivity index (χ0) is 13.7. The van der Waals surface area contributed by atoms with Crippen molar-refractivity contribution in [3.8, 4) is 0 Å². The van der Waals surface area contributed by atoms with E-state index >= 15 is 0 Å². The van der Waals surface area contributed by atoms with Gasteiger partial charge in [-0.3, -0.25) is 4.98 Å². The Kier molecular flexibility index (Phi) is 4.36. The molecule has 1 heterocycles. The zero-order valence-electron chi connectivity index (χ0n) is 10.4. The van der Waals surface area contributed by atoms with Gasteiger partial charge in [0.2, 0.25) is 0 Å². The maximum atomic E-state index is 11.6. The van der Waals surface area contributed by atoms with Crippen molar-refractivity contribution in [3.05, 3.63) is 58.9 Å². The second-order valence-corrected chi connectivity index (χ2v) is 4.33. The summed E-state index contributed by atoms with van der Waals surface area (Å²) in [6, 6.07) is 8.80. The molecule has 19 heavy (non-hydrogen) atoms. The number of benzene rings is 1. The molecule has 0 unspecified atom stereocenters. The van der Waals surface area contributed by atoms with Crippen molar-refractivity contribution >= 4 is 23.3 Å². The fourth-order valence-electron chi connectivity index (χ4n) is 1.65. The molecule has 98 valence electrons. The van der Waals surface area contributed by atoms with Gasteiger partial charge in [0.05, 0.1) is 18.4 Å². The van der Waals surface area contributed by atoms with Crippen LogP contribution in [0.1, 0.15) is 15.9 Å². The summed E-state index contributed by atoms with van der Waals surface area (Å²) < 4.78 is 4.73. The largest absolute Gasteiger partial charge is 0.465 e. The summed E-state index contributed by atoms with van der Waals surface area (Å²) in [7, 11) is 1.35. The third-order valence-corrected chi connectivity index (χ3v) is 2.83. The number of hydrogen-bond acceptors (Lipinski definition) is 4. The van der Waals surface area contributed by atoms with E-state index in [1.807, 2.05) is 12.1 Å². The van der Waals surface area contributed by atoms with Crippen molar-refractivity contribution in [2.24, 2.45) is 0 Å². The number of pyridine rings is 1. The molecule has 0 atom stereocenters. The number of anilines is 1. The lowest BCUT2D eigenvalue weighted by atomic mass is 10.1. The lowest BCUT2D eigenvalue weighted by Crippen LogP contribution is -2.08. The number of methoxy groups -OCH3 is 1. The summed E-state index contributed by atoms with van der Waals surface area (Å²) in [5, 5.41) is 3.72. The second kappa shape index (κ2) is 6.20. The highest BCUT2D eigenvalue weighted by Crippen LogP contribution is 2.22. The monoisotopic (exact) mass is 276 g/mol. The Labute approximate surface area is 116 Å². The van der Waals surface area contributed by atoms with Crippen LogP contribution in [0.4, 0.5) is 5.69 Å². The zero-order valence-corrected chi connectivity index (χ0v) is 11.1. The molecule has 1 N–H and O–H groups in total. The van der Waals surface area contributed by atoms with Gasteiger partial charge in [0.1, 0.15) is 0 Å². The quantitative estimate of drug-likeness (QED) is 0.872. The minimum atomic E-state index is -0.398. The molecule has 0 fully saturated rings. The van der Waals surface area contributed by atoms with Gasteiger partial charge in [0, 0.05) is 24.0 Å². The van der Waals surface area contributed by atoms with Crippen LogP contribution < -0.4 is 5.32 Å². The molecule has 5 heteroatoms. The van der Waals surface area contributed by atoms with Gasteiger partial charge >= 0.3 is 5.97 Å². The number of ether oxygens (including phenoxy) is 1. The first-order chi connectivity index (χ1) is 9.20. The van der Waals surface area contributed by atoms with Crippen molar-refractivity contribution in [2.45, 2.75) is 6.54 Å². The summed E-state index contributed by atoms with van der Waals surface area (Å²) in [5.41, 5.74) is 2.11. The molecular weight excluding hydrogens is 264 g/mol. The molecule has 0 amide bonds. The van der Waals surface area contributed by atoms with Gasteiger partial charge < -0.3 is 10.1 Å². The smallest absolute Gasteiger partial charge is 0.339 e. The number of nitrogens with one attached hydrogen (secondary N) is 1. The molecule has 0 aliphatic carbocycles. The molecule has 0 aliphatic heterocycles. The molecule has 0 bridgehead atoms. The number of esters is 1. The number of nitrogens with zero attached hydrogens (tertiary/aromatic N) is 1. The SMILES string of the molecule is COC(=O)c1ccc(Cl)cc1NCc1cccnc1. The molecular formula is C14H13ClN2O2. The Morgan fingerprint density at radius 2 is 2.26 bits per heavy atom. The number of halogens is 1. The number of hydrogen-bond donors (Lipinski definition) is 1. The average Bonchev–Trinajstić information content (AvgIpc) is 2.45.